The van der Waals surface area contributed by atoms with E-state index in [-0.39, 0.29) is 13.2 Å². The van der Waals surface area contributed by atoms with Gasteiger partial charge in [-0.25, -0.2) is 4.98 Å². The lowest BCUT2D eigenvalue weighted by Gasteiger charge is -2.38. The summed E-state index contributed by atoms with van der Waals surface area (Å²) < 4.78 is 28.9. The van der Waals surface area contributed by atoms with Crippen LogP contribution in [0.2, 0.25) is 0 Å². The van der Waals surface area contributed by atoms with Crippen LogP contribution in [0.25, 0.3) is 11.0 Å². The first-order valence-corrected chi connectivity index (χ1v) is 10.8. The van der Waals surface area contributed by atoms with Gasteiger partial charge >= 0.3 is 5.97 Å². The Kier molecular flexibility index (Phi) is 8.76. The molecule has 0 bridgehead atoms. The van der Waals surface area contributed by atoms with Crippen LogP contribution in [0.1, 0.15) is 39.2 Å². The minimum atomic E-state index is -1.24. The first-order valence-electron chi connectivity index (χ1n) is 10.8. The van der Waals surface area contributed by atoms with Gasteiger partial charge in [0, 0.05) is 24.9 Å². The minimum absolute atomic E-state index is 0.186. The molecule has 32 heavy (non-hydrogen) atoms. The van der Waals surface area contributed by atoms with Crippen molar-refractivity contribution < 1.29 is 33.6 Å². The highest BCUT2D eigenvalue weighted by atomic mass is 16.9. The number of aliphatic hydroxyl groups excluding tert-OH is 1. The number of methoxy groups -OCH3 is 1. The van der Waals surface area contributed by atoms with E-state index in [1.807, 2.05) is 10.8 Å². The van der Waals surface area contributed by atoms with Gasteiger partial charge < -0.3 is 33.4 Å². The van der Waals surface area contributed by atoms with E-state index in [0.29, 0.717) is 30.3 Å². The molecule has 2 N–H and O–H groups in total. The molecule has 0 spiro atoms. The van der Waals surface area contributed by atoms with Gasteiger partial charge in [0.25, 0.3) is 0 Å². The fourth-order valence-corrected chi connectivity index (χ4v) is 3.46. The summed E-state index contributed by atoms with van der Waals surface area (Å²) in [6, 6.07) is -1.05. The van der Waals surface area contributed by atoms with E-state index in [2.05, 4.69) is 22.2 Å². The molecule has 1 fully saturated rings. The van der Waals surface area contributed by atoms with Crippen LogP contribution in [0.5, 0.6) is 5.88 Å². The zero-order valence-corrected chi connectivity index (χ0v) is 18.9. The summed E-state index contributed by atoms with van der Waals surface area (Å²) in [5.41, 5.74) is 2.13. The summed E-state index contributed by atoms with van der Waals surface area (Å²) in [4.78, 5) is 21.1. The van der Waals surface area contributed by atoms with Crippen LogP contribution in [0.3, 0.4) is 0 Å². The molecule has 2 aromatic heterocycles. The highest BCUT2D eigenvalue weighted by Gasteiger charge is 2.41. The fourth-order valence-electron chi connectivity index (χ4n) is 3.46. The number of carbonyl (C=O) groups is 1. The molecule has 0 aliphatic carbocycles. The summed E-state index contributed by atoms with van der Waals surface area (Å²) in [7, 11) is 1.54. The zero-order chi connectivity index (χ0) is 23.1. The summed E-state index contributed by atoms with van der Waals surface area (Å²) >= 11 is 0. The molecule has 0 saturated carbocycles. The molecular weight excluding hydrogens is 420 g/mol. The Bertz CT molecular complexity index is 884. The van der Waals surface area contributed by atoms with E-state index in [9.17, 15) is 9.90 Å². The molecule has 3 heterocycles. The Morgan fingerprint density at radius 3 is 2.78 bits per heavy atom. The number of aromatic nitrogens is 3. The molecule has 178 valence electrons. The van der Waals surface area contributed by atoms with Gasteiger partial charge in [0.2, 0.25) is 5.88 Å². The van der Waals surface area contributed by atoms with Gasteiger partial charge in [-0.1, -0.05) is 13.3 Å². The molecule has 3 rings (SSSR count). The molecule has 1 aliphatic rings. The lowest BCUT2D eigenvalue weighted by molar-refractivity contribution is -0.399. The zero-order valence-electron chi connectivity index (χ0n) is 18.9. The van der Waals surface area contributed by atoms with E-state index < -0.39 is 30.7 Å². The lowest BCUT2D eigenvalue weighted by atomic mass is 10.1. The van der Waals surface area contributed by atoms with Crippen LogP contribution < -0.4 is 10.1 Å². The fraction of sp³-hybridized carbons (Fsp3) is 0.667. The van der Waals surface area contributed by atoms with E-state index in [4.69, 9.17) is 23.7 Å². The molecule has 1 saturated heterocycles. The Balaban J connectivity index is 1.80. The quantitative estimate of drug-likeness (QED) is 0.339. The van der Waals surface area contributed by atoms with Crippen LogP contribution in [0, 0.1) is 0 Å². The smallest absolute Gasteiger partial charge is 0.326 e. The number of rotatable bonds is 13. The third-order valence-corrected chi connectivity index (χ3v) is 5.08. The Morgan fingerprint density at radius 2 is 2.12 bits per heavy atom. The van der Waals surface area contributed by atoms with E-state index in [0.717, 1.165) is 18.4 Å². The second-order valence-electron chi connectivity index (χ2n) is 7.40. The second kappa shape index (κ2) is 11.5. The Labute approximate surface area is 187 Å². The number of hydrogen-bond donors (Lipinski definition) is 2. The Morgan fingerprint density at radius 1 is 1.34 bits per heavy atom. The number of nitrogens with zero attached hydrogens (tertiary/aromatic N) is 3. The summed E-state index contributed by atoms with van der Waals surface area (Å²) in [5.74, 6) is -0.168. The molecule has 0 aromatic carbocycles. The van der Waals surface area contributed by atoms with E-state index in [1.165, 1.54) is 6.33 Å². The molecule has 0 radical (unpaired) electrons. The second-order valence-corrected chi connectivity index (χ2v) is 7.40. The third-order valence-electron chi connectivity index (χ3n) is 5.08. The van der Waals surface area contributed by atoms with Gasteiger partial charge in [0.1, 0.15) is 36.2 Å². The van der Waals surface area contributed by atoms with Gasteiger partial charge in [-0.15, -0.1) is 0 Å². The van der Waals surface area contributed by atoms with Crippen molar-refractivity contribution in [2.45, 2.75) is 71.6 Å². The maximum atomic E-state index is 12.5. The average Bonchev–Trinajstić information content (AvgIpc) is 3.12. The van der Waals surface area contributed by atoms with Crippen LogP contribution in [0.15, 0.2) is 12.5 Å². The van der Waals surface area contributed by atoms with Gasteiger partial charge in [-0.2, -0.15) is 4.98 Å². The molecule has 1 aliphatic heterocycles. The number of aliphatic hydroxyl groups is 1. The number of hydrogen-bond acceptors (Lipinski definition) is 10. The number of carbonyl (C=O) groups excluding carboxylic acids is 1. The van der Waals surface area contributed by atoms with Crippen molar-refractivity contribution in [2.75, 3.05) is 20.3 Å². The average molecular weight is 453 g/mol. The number of ether oxygens (including phenoxy) is 5. The number of esters is 1. The SMILES string of the molecule is CCCCOCn1cc(CN[C@H](C(=O)OCC)[C@H](O)C2OC(C)O2)c2ncnc(OC)c21. The largest absolute Gasteiger partial charge is 0.479 e. The maximum Gasteiger partial charge on any atom is 0.326 e. The number of unbranched alkanes of at least 4 members (excludes halogenated alkanes) is 1. The first-order chi connectivity index (χ1) is 15.5. The minimum Gasteiger partial charge on any atom is -0.479 e. The standard InChI is InChI=1S/C21H32N4O7/c1-5-7-8-29-12-25-10-14(15-17(25)19(28-4)24-11-23-15)9-22-16(20(27)30-6-2)18(26)21-31-13(3)32-21/h10-11,13,16,18,21-22,26H,5-9,12H2,1-4H3/t13?,16-,18-,21?/m0/s1. The summed E-state index contributed by atoms with van der Waals surface area (Å²) in [6.45, 7) is 6.87. The van der Waals surface area contributed by atoms with Crippen molar-refractivity contribution >= 4 is 17.0 Å². The topological polar surface area (TPSA) is 126 Å². The monoisotopic (exact) mass is 452 g/mol. The number of nitrogens with one attached hydrogen (secondary N) is 1. The Hall–Kier alpha value is -2.31. The van der Waals surface area contributed by atoms with Crippen molar-refractivity contribution in [3.8, 4) is 5.88 Å². The molecule has 0 amide bonds. The highest BCUT2D eigenvalue weighted by molar-refractivity contribution is 5.84. The van der Waals surface area contributed by atoms with E-state index in [1.54, 1.807) is 21.0 Å². The van der Waals surface area contributed by atoms with Crippen molar-refractivity contribution in [2.24, 2.45) is 0 Å². The van der Waals surface area contributed by atoms with E-state index >= 15 is 0 Å². The molecule has 0 unspecified atom stereocenters. The van der Waals surface area contributed by atoms with Gasteiger partial charge in [-0.05, 0) is 20.3 Å². The van der Waals surface area contributed by atoms with Gasteiger partial charge in [0.15, 0.2) is 12.6 Å². The summed E-state index contributed by atoms with van der Waals surface area (Å²) in [6.07, 6.45) is 2.73. The number of fused-ring (bicyclic) bond motifs is 1. The molecule has 11 heteroatoms. The van der Waals surface area contributed by atoms with Crippen LogP contribution in [-0.4, -0.2) is 70.7 Å². The first kappa shape index (κ1) is 24.3. The normalized spacial score (nSPS) is 20.0. The van der Waals surface area contributed by atoms with Crippen LogP contribution in [0.4, 0.5) is 0 Å². The third kappa shape index (κ3) is 5.54. The van der Waals surface area contributed by atoms with Crippen LogP contribution >= 0.6 is 0 Å². The molecule has 2 atom stereocenters. The lowest BCUT2D eigenvalue weighted by Crippen LogP contribution is -2.58. The van der Waals surface area contributed by atoms with Crippen molar-refractivity contribution in [3.63, 3.8) is 0 Å². The van der Waals surface area contributed by atoms with Crippen LogP contribution in [-0.2, 0) is 37.0 Å². The molecule has 11 nitrogen and oxygen atoms in total. The van der Waals surface area contributed by atoms with Gasteiger partial charge in [0.05, 0.1) is 13.7 Å². The van der Waals surface area contributed by atoms with Gasteiger partial charge in [-0.3, -0.25) is 10.1 Å². The maximum absolute atomic E-state index is 12.5. The predicted molar refractivity (Wildman–Crippen MR) is 114 cm³/mol. The van der Waals surface area contributed by atoms with Crippen molar-refractivity contribution in [1.82, 2.24) is 19.9 Å². The highest BCUT2D eigenvalue weighted by Crippen LogP contribution is 2.27. The molecule has 2 aromatic rings. The summed E-state index contributed by atoms with van der Waals surface area (Å²) in [5, 5.41) is 13.7. The van der Waals surface area contributed by atoms with Crippen molar-refractivity contribution in [1.29, 1.82) is 0 Å². The molecular formula is C21H32N4O7. The predicted octanol–water partition coefficient (Wildman–Crippen LogP) is 1.32. The van der Waals surface area contributed by atoms with Crippen molar-refractivity contribution in [3.05, 3.63) is 18.1 Å².